The first-order valence-corrected chi connectivity index (χ1v) is 24.9. The van der Waals surface area contributed by atoms with Gasteiger partial charge in [-0.15, -0.1) is 11.3 Å². The summed E-state index contributed by atoms with van der Waals surface area (Å²) in [5, 5.41) is 7.77. The van der Waals surface area contributed by atoms with Crippen molar-refractivity contribution in [2.24, 2.45) is 0 Å². The zero-order valence-electron chi connectivity index (χ0n) is 37.6. The molecule has 0 N–H and O–H groups in total. The van der Waals surface area contributed by atoms with Gasteiger partial charge in [0, 0.05) is 59.4 Å². The highest BCUT2D eigenvalue weighted by Gasteiger charge is 2.55. The molecule has 1 aromatic heterocycles. The van der Waals surface area contributed by atoms with Gasteiger partial charge in [-0.1, -0.05) is 194 Å². The minimum Gasteiger partial charge on any atom is -0.457 e. The van der Waals surface area contributed by atoms with Gasteiger partial charge in [-0.25, -0.2) is 0 Å². The Morgan fingerprint density at radius 1 is 0.377 bits per heavy atom. The van der Waals surface area contributed by atoms with Gasteiger partial charge in [0.05, 0.1) is 11.1 Å². The molecule has 0 radical (unpaired) electrons. The first-order valence-electron chi connectivity index (χ1n) is 24.1. The predicted molar refractivity (Wildman–Crippen MR) is 288 cm³/mol. The van der Waals surface area contributed by atoms with Crippen molar-refractivity contribution in [1.29, 1.82) is 0 Å². The van der Waals surface area contributed by atoms with Crippen molar-refractivity contribution in [2.75, 3.05) is 4.90 Å². The molecule has 1 aliphatic heterocycles. The van der Waals surface area contributed by atoms with Crippen molar-refractivity contribution in [3.8, 4) is 22.6 Å². The molecule has 3 heteroatoms. The van der Waals surface area contributed by atoms with Crippen molar-refractivity contribution in [2.45, 2.75) is 23.2 Å². The van der Waals surface area contributed by atoms with Crippen LogP contribution in [0.2, 0.25) is 0 Å². The van der Waals surface area contributed by atoms with Crippen LogP contribution in [0.15, 0.2) is 243 Å². The number of benzene rings is 11. The Kier molecular flexibility index (Phi) is 8.37. The number of fused-ring (bicyclic) bond motifs is 16. The number of ether oxygens (including phenoxy) is 1. The third-order valence-corrected chi connectivity index (χ3v) is 16.9. The quantitative estimate of drug-likeness (QED) is 0.165. The van der Waals surface area contributed by atoms with Crippen LogP contribution in [-0.4, -0.2) is 0 Å². The molecule has 1 saturated carbocycles. The van der Waals surface area contributed by atoms with Gasteiger partial charge < -0.3 is 9.64 Å². The SMILES string of the molecule is c1ccc(C2C(c3ccc4c(c3)C3(c5ccccc5Oc5ccccc53)c3ccccc3-4)C2c2cc3ccccc3c3c2sc2c4ccccc4c(N(c4ccccc4)c4ccccc4)cc23)cc1. The van der Waals surface area contributed by atoms with Crippen LogP contribution >= 0.6 is 11.3 Å². The molecule has 1 fully saturated rings. The molecule has 11 aromatic carbocycles. The monoisotopic (exact) mass is 897 g/mol. The van der Waals surface area contributed by atoms with Crippen LogP contribution in [0.3, 0.4) is 0 Å². The van der Waals surface area contributed by atoms with Crippen molar-refractivity contribution in [3.63, 3.8) is 0 Å². The van der Waals surface area contributed by atoms with E-state index in [2.05, 4.69) is 248 Å². The Labute approximate surface area is 405 Å². The second-order valence-electron chi connectivity index (χ2n) is 19.0. The van der Waals surface area contributed by atoms with E-state index in [0.29, 0.717) is 5.92 Å². The van der Waals surface area contributed by atoms with Crippen LogP contribution in [0.4, 0.5) is 17.1 Å². The zero-order valence-corrected chi connectivity index (χ0v) is 38.4. The topological polar surface area (TPSA) is 12.5 Å². The largest absolute Gasteiger partial charge is 0.457 e. The Morgan fingerprint density at radius 2 is 0.928 bits per heavy atom. The minimum atomic E-state index is -0.520. The summed E-state index contributed by atoms with van der Waals surface area (Å²) in [4.78, 5) is 2.44. The maximum Gasteiger partial charge on any atom is 0.132 e. The Hall–Kier alpha value is -8.24. The van der Waals surface area contributed by atoms with Crippen LogP contribution in [0.25, 0.3) is 52.8 Å². The van der Waals surface area contributed by atoms with E-state index < -0.39 is 5.41 Å². The fraction of sp³-hybridized carbons (Fsp3) is 0.0606. The summed E-state index contributed by atoms with van der Waals surface area (Å²) < 4.78 is 9.46. The Balaban J connectivity index is 0.978. The summed E-state index contributed by atoms with van der Waals surface area (Å²) in [7, 11) is 0. The van der Waals surface area contributed by atoms with E-state index in [-0.39, 0.29) is 11.8 Å². The first kappa shape index (κ1) is 38.8. The van der Waals surface area contributed by atoms with Gasteiger partial charge in [-0.3, -0.25) is 0 Å². The lowest BCUT2D eigenvalue weighted by Crippen LogP contribution is -2.32. The Bertz CT molecular complexity index is 3940. The number of hydrogen-bond acceptors (Lipinski definition) is 3. The van der Waals surface area contributed by atoms with Crippen molar-refractivity contribution in [3.05, 3.63) is 282 Å². The number of rotatable bonds is 6. The highest BCUT2D eigenvalue weighted by molar-refractivity contribution is 7.27. The van der Waals surface area contributed by atoms with Gasteiger partial charge in [0.2, 0.25) is 0 Å². The molecule has 69 heavy (non-hydrogen) atoms. The molecule has 0 amide bonds. The molecule has 0 bridgehead atoms. The maximum absolute atomic E-state index is 6.73. The second-order valence-corrected chi connectivity index (χ2v) is 20.0. The van der Waals surface area contributed by atoms with Gasteiger partial charge in [0.15, 0.2) is 0 Å². The van der Waals surface area contributed by atoms with E-state index in [1.807, 2.05) is 11.3 Å². The van der Waals surface area contributed by atoms with E-state index in [1.165, 1.54) is 97.5 Å². The average molecular weight is 898 g/mol. The van der Waals surface area contributed by atoms with Gasteiger partial charge in [-0.2, -0.15) is 0 Å². The molecular formula is C66H43NOS. The smallest absolute Gasteiger partial charge is 0.132 e. The summed E-state index contributed by atoms with van der Waals surface area (Å²) in [6, 6.07) is 90.1. The third-order valence-electron chi connectivity index (χ3n) is 15.6. The van der Waals surface area contributed by atoms with Gasteiger partial charge >= 0.3 is 0 Å². The highest BCUT2D eigenvalue weighted by atomic mass is 32.1. The number of hydrogen-bond donors (Lipinski definition) is 0. The molecule has 3 atom stereocenters. The van der Waals surface area contributed by atoms with Crippen molar-refractivity contribution >= 4 is 70.1 Å². The lowest BCUT2D eigenvalue weighted by molar-refractivity contribution is 0.436. The summed E-state index contributed by atoms with van der Waals surface area (Å²) in [6.07, 6.45) is 0. The van der Waals surface area contributed by atoms with Crippen LogP contribution in [0.5, 0.6) is 11.5 Å². The second kappa shape index (κ2) is 14.9. The van der Waals surface area contributed by atoms with Crippen LogP contribution in [0.1, 0.15) is 56.7 Å². The van der Waals surface area contributed by atoms with Crippen LogP contribution in [-0.2, 0) is 5.41 Å². The summed E-state index contributed by atoms with van der Waals surface area (Å²) >= 11 is 1.99. The fourth-order valence-electron chi connectivity index (χ4n) is 12.8. The first-order chi connectivity index (χ1) is 34.3. The number of para-hydroxylation sites is 4. The zero-order chi connectivity index (χ0) is 45.2. The standard InChI is InChI=1S/C66H43NOS/c1-4-20-41(21-5-1)60-61(43-36-37-48-47-28-14-15-31-53(47)66(56(48)39-43)54-32-16-18-34-58(54)68-59-35-19-17-33-55(59)66)63(60)51-38-42-22-10-11-27-46(42)62-52-40-57(49-29-12-13-30-50(49)64(52)69-65(51)62)67(44-23-6-2-7-24-44)45-25-8-3-9-26-45/h1-40,60-61,63H. The number of thiophene rings is 1. The van der Waals surface area contributed by atoms with E-state index in [0.717, 1.165) is 22.9 Å². The van der Waals surface area contributed by atoms with E-state index in [9.17, 15) is 0 Å². The predicted octanol–water partition coefficient (Wildman–Crippen LogP) is 18.0. The molecular weight excluding hydrogens is 855 g/mol. The van der Waals surface area contributed by atoms with Crippen molar-refractivity contribution < 1.29 is 4.74 Å². The lowest BCUT2D eigenvalue weighted by atomic mass is 9.66. The van der Waals surface area contributed by atoms with Gasteiger partial charge in [0.1, 0.15) is 11.5 Å². The fourth-order valence-corrected chi connectivity index (χ4v) is 14.1. The molecule has 2 aliphatic carbocycles. The van der Waals surface area contributed by atoms with Crippen LogP contribution < -0.4 is 9.64 Å². The van der Waals surface area contributed by atoms with Gasteiger partial charge in [-0.05, 0) is 110 Å². The van der Waals surface area contributed by atoms with Crippen molar-refractivity contribution in [1.82, 2.24) is 0 Å². The minimum absolute atomic E-state index is 0.260. The molecule has 3 unspecified atom stereocenters. The van der Waals surface area contributed by atoms with E-state index >= 15 is 0 Å². The van der Waals surface area contributed by atoms with E-state index in [1.54, 1.807) is 0 Å². The summed E-state index contributed by atoms with van der Waals surface area (Å²) in [5.74, 6) is 2.66. The van der Waals surface area contributed by atoms with E-state index in [4.69, 9.17) is 4.74 Å². The average Bonchev–Trinajstić information content (AvgIpc) is 3.94. The lowest BCUT2D eigenvalue weighted by Gasteiger charge is -2.39. The van der Waals surface area contributed by atoms with Gasteiger partial charge in [0.25, 0.3) is 0 Å². The Morgan fingerprint density at radius 3 is 1.64 bits per heavy atom. The molecule has 15 rings (SSSR count). The highest BCUT2D eigenvalue weighted by Crippen LogP contribution is 2.70. The summed E-state index contributed by atoms with van der Waals surface area (Å²) in [6.45, 7) is 0. The molecule has 324 valence electrons. The molecule has 1 spiro atoms. The maximum atomic E-state index is 6.73. The van der Waals surface area contributed by atoms with Crippen LogP contribution in [0, 0.1) is 0 Å². The molecule has 2 heterocycles. The molecule has 12 aromatic rings. The normalized spacial score (nSPS) is 17.1. The third kappa shape index (κ3) is 5.54. The number of anilines is 3. The molecule has 2 nitrogen and oxygen atoms in total. The molecule has 0 saturated heterocycles. The summed E-state index contributed by atoms with van der Waals surface area (Å²) in [5.41, 5.74) is 14.8. The number of nitrogens with zero attached hydrogens (tertiary/aromatic N) is 1. The molecule has 3 aliphatic rings.